The highest BCUT2D eigenvalue weighted by Gasteiger charge is 2.16. The van der Waals surface area contributed by atoms with E-state index >= 15 is 0 Å². The summed E-state index contributed by atoms with van der Waals surface area (Å²) in [5.41, 5.74) is 1.02. The monoisotopic (exact) mass is 324 g/mol. The first-order valence-electron chi connectivity index (χ1n) is 8.10. The number of halogens is 1. The summed E-state index contributed by atoms with van der Waals surface area (Å²) < 4.78 is 5.75. The first-order chi connectivity index (χ1) is 10.7. The van der Waals surface area contributed by atoms with Gasteiger partial charge >= 0.3 is 0 Å². The molecule has 0 aromatic heterocycles. The van der Waals surface area contributed by atoms with Gasteiger partial charge in [0.1, 0.15) is 5.75 Å². The van der Waals surface area contributed by atoms with E-state index in [9.17, 15) is 4.79 Å². The largest absolute Gasteiger partial charge is 0.493 e. The number of hydrogen-bond donors (Lipinski definition) is 1. The summed E-state index contributed by atoms with van der Waals surface area (Å²) in [6.45, 7) is 6.28. The minimum atomic E-state index is 0.213. The molecule has 1 N–H and O–H groups in total. The minimum Gasteiger partial charge on any atom is -0.493 e. The second kappa shape index (κ2) is 9.01. The molecule has 0 spiro atoms. The normalized spacial score (nSPS) is 15.5. The van der Waals surface area contributed by atoms with Crippen molar-refractivity contribution >= 4 is 17.5 Å². The van der Waals surface area contributed by atoms with E-state index in [0.29, 0.717) is 24.5 Å². The van der Waals surface area contributed by atoms with Crippen molar-refractivity contribution in [3.63, 3.8) is 0 Å². The average molecular weight is 325 g/mol. The maximum Gasteiger partial charge on any atom is 0.222 e. The molecule has 5 heteroatoms. The van der Waals surface area contributed by atoms with Gasteiger partial charge in [-0.15, -0.1) is 0 Å². The van der Waals surface area contributed by atoms with Gasteiger partial charge in [0.15, 0.2) is 0 Å². The number of carbonyl (C=O) groups excluding carboxylic acids is 1. The van der Waals surface area contributed by atoms with Crippen LogP contribution in [-0.4, -0.2) is 43.6 Å². The lowest BCUT2D eigenvalue weighted by molar-refractivity contribution is -0.130. The summed E-state index contributed by atoms with van der Waals surface area (Å²) in [6.07, 6.45) is 3.15. The Balaban J connectivity index is 1.94. The zero-order valence-electron chi connectivity index (χ0n) is 13.2. The first-order valence-corrected chi connectivity index (χ1v) is 8.48. The third-order valence-corrected chi connectivity index (χ3v) is 4.02. The van der Waals surface area contributed by atoms with Crippen LogP contribution in [0.5, 0.6) is 5.75 Å². The van der Waals surface area contributed by atoms with Crippen molar-refractivity contribution in [3.8, 4) is 5.75 Å². The molecule has 0 aliphatic carbocycles. The number of carbonyl (C=O) groups is 1. The summed E-state index contributed by atoms with van der Waals surface area (Å²) in [6, 6.07) is 5.63. The van der Waals surface area contributed by atoms with Crippen LogP contribution >= 0.6 is 11.6 Å². The Morgan fingerprint density at radius 1 is 1.36 bits per heavy atom. The summed E-state index contributed by atoms with van der Waals surface area (Å²) >= 11 is 6.08. The van der Waals surface area contributed by atoms with Gasteiger partial charge in [-0.1, -0.05) is 18.5 Å². The zero-order chi connectivity index (χ0) is 15.8. The quantitative estimate of drug-likeness (QED) is 0.875. The van der Waals surface area contributed by atoms with Crippen molar-refractivity contribution in [1.82, 2.24) is 10.2 Å². The van der Waals surface area contributed by atoms with Crippen LogP contribution in [0.4, 0.5) is 0 Å². The summed E-state index contributed by atoms with van der Waals surface area (Å²) in [7, 11) is 0. The molecule has 0 atom stereocenters. The first kappa shape index (κ1) is 17.1. The highest BCUT2D eigenvalue weighted by atomic mass is 35.5. The van der Waals surface area contributed by atoms with Gasteiger partial charge < -0.3 is 15.0 Å². The van der Waals surface area contributed by atoms with E-state index in [-0.39, 0.29) is 5.91 Å². The lowest BCUT2D eigenvalue weighted by Gasteiger charge is -2.20. The molecule has 0 radical (unpaired) electrons. The lowest BCUT2D eigenvalue weighted by atomic mass is 10.1. The third kappa shape index (κ3) is 5.18. The summed E-state index contributed by atoms with van der Waals surface area (Å²) in [4.78, 5) is 14.3. The molecule has 1 amide bonds. The van der Waals surface area contributed by atoms with Gasteiger partial charge in [-0.25, -0.2) is 0 Å². The average Bonchev–Trinajstić information content (AvgIpc) is 2.81. The Kier molecular flexibility index (Phi) is 7.00. The molecule has 22 heavy (non-hydrogen) atoms. The number of rotatable bonds is 6. The van der Waals surface area contributed by atoms with E-state index in [4.69, 9.17) is 16.3 Å². The molecule has 1 aromatic carbocycles. The van der Waals surface area contributed by atoms with Crippen molar-refractivity contribution in [2.45, 2.75) is 32.6 Å². The van der Waals surface area contributed by atoms with E-state index in [0.717, 1.165) is 50.3 Å². The van der Waals surface area contributed by atoms with Gasteiger partial charge in [-0.05, 0) is 49.6 Å². The highest BCUT2D eigenvalue weighted by molar-refractivity contribution is 6.30. The van der Waals surface area contributed by atoms with Crippen LogP contribution in [0, 0.1) is 0 Å². The van der Waals surface area contributed by atoms with Crippen molar-refractivity contribution in [3.05, 3.63) is 28.8 Å². The number of amides is 1. The van der Waals surface area contributed by atoms with Crippen molar-refractivity contribution < 1.29 is 9.53 Å². The molecule has 0 unspecified atom stereocenters. The fourth-order valence-corrected chi connectivity index (χ4v) is 2.79. The van der Waals surface area contributed by atoms with Crippen LogP contribution in [0.2, 0.25) is 5.02 Å². The molecule has 1 aromatic rings. The van der Waals surface area contributed by atoms with Gasteiger partial charge in [-0.2, -0.15) is 0 Å². The van der Waals surface area contributed by atoms with Gasteiger partial charge in [0, 0.05) is 31.1 Å². The second-order valence-electron chi connectivity index (χ2n) is 5.58. The Morgan fingerprint density at radius 3 is 3.05 bits per heavy atom. The molecule has 1 saturated heterocycles. The zero-order valence-corrected chi connectivity index (χ0v) is 14.0. The van der Waals surface area contributed by atoms with Gasteiger partial charge in [0.25, 0.3) is 0 Å². The van der Waals surface area contributed by atoms with Crippen molar-refractivity contribution in [1.29, 1.82) is 0 Å². The van der Waals surface area contributed by atoms with E-state index in [1.165, 1.54) is 0 Å². The summed E-state index contributed by atoms with van der Waals surface area (Å²) in [5, 5.41) is 4.00. The van der Waals surface area contributed by atoms with Gasteiger partial charge in [0.05, 0.1) is 6.61 Å². The highest BCUT2D eigenvalue weighted by Crippen LogP contribution is 2.24. The molecular formula is C17H25ClN2O2. The number of ether oxygens (including phenoxy) is 1. The number of nitrogens with one attached hydrogen (secondary N) is 1. The SMILES string of the molecule is CCCOc1ccc(Cl)cc1CCC(=O)N1CCCNCC1. The van der Waals surface area contributed by atoms with E-state index in [2.05, 4.69) is 12.2 Å². The number of nitrogens with zero attached hydrogens (tertiary/aromatic N) is 1. The van der Waals surface area contributed by atoms with Crippen LogP contribution < -0.4 is 10.1 Å². The third-order valence-electron chi connectivity index (χ3n) is 3.79. The van der Waals surface area contributed by atoms with Crippen LogP contribution in [-0.2, 0) is 11.2 Å². The van der Waals surface area contributed by atoms with Crippen LogP contribution in [0.3, 0.4) is 0 Å². The molecule has 2 rings (SSSR count). The smallest absolute Gasteiger partial charge is 0.222 e. The minimum absolute atomic E-state index is 0.213. The maximum atomic E-state index is 12.4. The molecule has 1 heterocycles. The topological polar surface area (TPSA) is 41.6 Å². The number of hydrogen-bond acceptors (Lipinski definition) is 3. The fourth-order valence-electron chi connectivity index (χ4n) is 2.59. The number of benzene rings is 1. The molecule has 0 saturated carbocycles. The second-order valence-corrected chi connectivity index (χ2v) is 6.02. The van der Waals surface area contributed by atoms with Crippen LogP contribution in [0.1, 0.15) is 31.7 Å². The van der Waals surface area contributed by atoms with Crippen molar-refractivity contribution in [2.75, 3.05) is 32.8 Å². The Hall–Kier alpha value is -1.26. The molecule has 4 nitrogen and oxygen atoms in total. The Bertz CT molecular complexity index is 486. The van der Waals surface area contributed by atoms with Crippen molar-refractivity contribution in [2.24, 2.45) is 0 Å². The predicted octanol–water partition coefficient (Wildman–Crippen LogP) is 2.88. The number of aryl methyl sites for hydroxylation is 1. The Labute approximate surface area is 137 Å². The van der Waals surface area contributed by atoms with Gasteiger partial charge in [-0.3, -0.25) is 4.79 Å². The van der Waals surface area contributed by atoms with Crippen LogP contribution in [0.15, 0.2) is 18.2 Å². The van der Waals surface area contributed by atoms with Crippen LogP contribution in [0.25, 0.3) is 0 Å². The van der Waals surface area contributed by atoms with Gasteiger partial charge in [0.2, 0.25) is 5.91 Å². The lowest BCUT2D eigenvalue weighted by Crippen LogP contribution is -2.34. The van der Waals surface area contributed by atoms with E-state index in [1.54, 1.807) is 0 Å². The maximum absolute atomic E-state index is 12.4. The Morgan fingerprint density at radius 2 is 2.23 bits per heavy atom. The predicted molar refractivity (Wildman–Crippen MR) is 89.6 cm³/mol. The summed E-state index contributed by atoms with van der Waals surface area (Å²) in [5.74, 6) is 1.06. The van der Waals surface area contributed by atoms with E-state index in [1.807, 2.05) is 23.1 Å². The molecule has 1 aliphatic heterocycles. The standard InChI is InChI=1S/C17H25ClN2O2/c1-2-12-22-16-6-5-15(18)13-14(16)4-7-17(21)20-10-3-8-19-9-11-20/h5-6,13,19H,2-4,7-12H2,1H3. The molecular weight excluding hydrogens is 300 g/mol. The van der Waals surface area contributed by atoms with E-state index < -0.39 is 0 Å². The molecule has 1 aliphatic rings. The molecule has 122 valence electrons. The molecule has 1 fully saturated rings. The fraction of sp³-hybridized carbons (Fsp3) is 0.588. The molecule has 0 bridgehead atoms.